The Hall–Kier alpha value is -4.28. The minimum absolute atomic E-state index is 0.0316. The molecule has 62 heavy (non-hydrogen) atoms. The van der Waals surface area contributed by atoms with Crippen LogP contribution in [0.15, 0.2) is 78.9 Å². The summed E-state index contributed by atoms with van der Waals surface area (Å²) in [6.45, 7) is 39.0. The number of hydrogen-bond acceptors (Lipinski definition) is 3. The van der Waals surface area contributed by atoms with Gasteiger partial charge in [-0.05, 0) is 174 Å². The van der Waals surface area contributed by atoms with Gasteiger partial charge in [0.05, 0.1) is 5.69 Å². The summed E-state index contributed by atoms with van der Waals surface area (Å²) in [5.41, 5.74) is 23.2. The predicted octanol–water partition coefficient (Wildman–Crippen LogP) is 14.5. The third kappa shape index (κ3) is 5.47. The fourth-order valence-corrected chi connectivity index (χ4v) is 15.6. The van der Waals surface area contributed by atoms with Crippen molar-refractivity contribution in [3.8, 4) is 0 Å². The fourth-order valence-electron chi connectivity index (χ4n) is 14.3. The molecule has 6 aromatic rings. The molecule has 0 bridgehead atoms. The van der Waals surface area contributed by atoms with E-state index in [1.54, 1.807) is 0 Å². The van der Waals surface area contributed by atoms with Gasteiger partial charge in [-0.25, -0.2) is 0 Å². The third-order valence-corrected chi connectivity index (χ3v) is 17.6. The van der Waals surface area contributed by atoms with E-state index in [9.17, 15) is 0 Å². The van der Waals surface area contributed by atoms with Gasteiger partial charge in [0, 0.05) is 43.3 Å². The molecule has 2 nitrogen and oxygen atoms in total. The molecule has 0 atom stereocenters. The second kappa shape index (κ2) is 12.1. The number of fused-ring (bicyclic) bond motifs is 9. The fraction of sp³-hybridized carbons (Fsp3) is 0.448. The Morgan fingerprint density at radius 3 is 1.50 bits per heavy atom. The SMILES string of the molecule is Cc1cc2c3c(c1)N(c1ccc4c(c1)C(C)(C)CC4(C)C)c1c(sc4ccc(C(C)(C)C)cc14)B3c1cc3c(cc1N2c1ccc2c(c1)C(C)(C)CC2(C)C)C(C)(C)CC3(C)C. The summed E-state index contributed by atoms with van der Waals surface area (Å²) >= 11 is 2.03. The highest BCUT2D eigenvalue weighted by molar-refractivity contribution is 7.33. The van der Waals surface area contributed by atoms with Crippen LogP contribution in [0.3, 0.4) is 0 Å². The molecule has 5 aromatic carbocycles. The molecule has 0 saturated heterocycles. The van der Waals surface area contributed by atoms with Crippen LogP contribution in [0.2, 0.25) is 0 Å². The van der Waals surface area contributed by atoms with E-state index >= 15 is 0 Å². The summed E-state index contributed by atoms with van der Waals surface area (Å²) in [4.78, 5) is 5.41. The molecule has 0 radical (unpaired) electrons. The highest BCUT2D eigenvalue weighted by atomic mass is 32.1. The van der Waals surface area contributed by atoms with E-state index in [1.807, 2.05) is 11.3 Å². The van der Waals surface area contributed by atoms with E-state index in [-0.39, 0.29) is 44.6 Å². The molecule has 11 rings (SSSR count). The van der Waals surface area contributed by atoms with Gasteiger partial charge in [-0.15, -0.1) is 11.3 Å². The number of hydrogen-bond donors (Lipinski definition) is 0. The quantitative estimate of drug-likeness (QED) is 0.160. The summed E-state index contributed by atoms with van der Waals surface area (Å²) in [6.07, 6.45) is 3.45. The number of anilines is 6. The molecule has 2 aliphatic heterocycles. The van der Waals surface area contributed by atoms with Gasteiger partial charge >= 0.3 is 0 Å². The first-order valence-corrected chi connectivity index (χ1v) is 24.3. The molecule has 3 aliphatic carbocycles. The van der Waals surface area contributed by atoms with E-state index in [1.165, 1.54) is 104 Å². The maximum Gasteiger partial charge on any atom is 0.264 e. The van der Waals surface area contributed by atoms with Gasteiger partial charge < -0.3 is 9.80 Å². The lowest BCUT2D eigenvalue weighted by atomic mass is 9.36. The van der Waals surface area contributed by atoms with Gasteiger partial charge in [0.2, 0.25) is 0 Å². The Morgan fingerprint density at radius 1 is 0.500 bits per heavy atom. The van der Waals surface area contributed by atoms with Gasteiger partial charge in [0.1, 0.15) is 0 Å². The maximum atomic E-state index is 2.71. The lowest BCUT2D eigenvalue weighted by Gasteiger charge is -2.44. The van der Waals surface area contributed by atoms with Crippen LogP contribution in [-0.4, -0.2) is 6.71 Å². The van der Waals surface area contributed by atoms with E-state index in [4.69, 9.17) is 0 Å². The molecule has 1 aromatic heterocycles. The van der Waals surface area contributed by atoms with Gasteiger partial charge in [-0.2, -0.15) is 0 Å². The summed E-state index contributed by atoms with van der Waals surface area (Å²) in [6, 6.07) is 32.7. The highest BCUT2D eigenvalue weighted by Crippen LogP contribution is 2.57. The Labute approximate surface area is 377 Å². The summed E-state index contributed by atoms with van der Waals surface area (Å²) < 4.78 is 2.84. The Balaban J connectivity index is 1.26. The second-order valence-corrected chi connectivity index (χ2v) is 26.4. The monoisotopic (exact) mass is 835 g/mol. The first-order chi connectivity index (χ1) is 28.7. The highest BCUT2D eigenvalue weighted by Gasteiger charge is 2.50. The molecule has 0 N–H and O–H groups in total. The number of thiophene rings is 1. The van der Waals surface area contributed by atoms with Crippen LogP contribution in [0.5, 0.6) is 0 Å². The first kappa shape index (κ1) is 40.5. The molecule has 5 aliphatic rings. The van der Waals surface area contributed by atoms with E-state index < -0.39 is 0 Å². The minimum Gasteiger partial charge on any atom is -0.311 e. The first-order valence-electron chi connectivity index (χ1n) is 23.5. The van der Waals surface area contributed by atoms with Crippen LogP contribution in [-0.2, 0) is 37.9 Å². The van der Waals surface area contributed by atoms with Gasteiger partial charge in [0.15, 0.2) is 0 Å². The molecular weight excluding hydrogens is 768 g/mol. The van der Waals surface area contributed by atoms with Crippen molar-refractivity contribution < 1.29 is 0 Å². The Bertz CT molecular complexity index is 2960. The van der Waals surface area contributed by atoms with Crippen molar-refractivity contribution in [1.82, 2.24) is 0 Å². The van der Waals surface area contributed by atoms with Crippen LogP contribution in [0, 0.1) is 6.92 Å². The van der Waals surface area contributed by atoms with Gasteiger partial charge in [-0.1, -0.05) is 128 Å². The molecule has 4 heteroatoms. The smallest absolute Gasteiger partial charge is 0.264 e. The lowest BCUT2D eigenvalue weighted by Crippen LogP contribution is -2.60. The van der Waals surface area contributed by atoms with Gasteiger partial charge in [0.25, 0.3) is 6.71 Å². The topological polar surface area (TPSA) is 6.48 Å². The van der Waals surface area contributed by atoms with Crippen molar-refractivity contribution >= 4 is 78.0 Å². The number of aryl methyl sites for hydroxylation is 1. The van der Waals surface area contributed by atoms with Crippen LogP contribution in [0.1, 0.15) is 168 Å². The van der Waals surface area contributed by atoms with E-state index in [0.717, 1.165) is 19.3 Å². The number of nitrogens with zero attached hydrogens (tertiary/aromatic N) is 2. The largest absolute Gasteiger partial charge is 0.311 e. The minimum atomic E-state index is 0.0316. The average molecular weight is 835 g/mol. The zero-order chi connectivity index (χ0) is 44.2. The Morgan fingerprint density at radius 2 is 0.968 bits per heavy atom. The van der Waals surface area contributed by atoms with E-state index in [2.05, 4.69) is 199 Å². The van der Waals surface area contributed by atoms with Crippen molar-refractivity contribution in [2.24, 2.45) is 0 Å². The predicted molar refractivity (Wildman–Crippen MR) is 271 cm³/mol. The second-order valence-electron chi connectivity index (χ2n) is 25.3. The van der Waals surface area contributed by atoms with Crippen molar-refractivity contribution in [3.63, 3.8) is 0 Å². The molecule has 318 valence electrons. The van der Waals surface area contributed by atoms with Crippen molar-refractivity contribution in [2.45, 2.75) is 168 Å². The molecule has 0 unspecified atom stereocenters. The van der Waals surface area contributed by atoms with Crippen LogP contribution < -0.4 is 25.5 Å². The molecular formula is C58H67BN2S. The molecule has 0 saturated carbocycles. The lowest BCUT2D eigenvalue weighted by molar-refractivity contribution is 0.402. The Kier molecular flexibility index (Phi) is 7.89. The van der Waals surface area contributed by atoms with Crippen LogP contribution >= 0.6 is 11.3 Å². The van der Waals surface area contributed by atoms with E-state index in [0.29, 0.717) is 0 Å². The number of benzene rings is 5. The normalized spacial score (nSPS) is 21.1. The number of rotatable bonds is 2. The molecule has 0 amide bonds. The maximum absolute atomic E-state index is 2.71. The van der Waals surface area contributed by atoms with Crippen molar-refractivity contribution in [2.75, 3.05) is 9.80 Å². The van der Waals surface area contributed by atoms with Crippen molar-refractivity contribution in [3.05, 3.63) is 123 Å². The molecule has 3 heterocycles. The van der Waals surface area contributed by atoms with Crippen LogP contribution in [0.4, 0.5) is 34.1 Å². The zero-order valence-electron chi connectivity index (χ0n) is 40.5. The molecule has 0 spiro atoms. The third-order valence-electron chi connectivity index (χ3n) is 16.4. The zero-order valence-corrected chi connectivity index (χ0v) is 41.3. The van der Waals surface area contributed by atoms with Crippen molar-refractivity contribution in [1.29, 1.82) is 0 Å². The summed E-state index contributed by atoms with van der Waals surface area (Å²) in [5, 5.41) is 1.38. The average Bonchev–Trinajstić information content (AvgIpc) is 3.74. The summed E-state index contributed by atoms with van der Waals surface area (Å²) in [5.74, 6) is 0. The summed E-state index contributed by atoms with van der Waals surface area (Å²) in [7, 11) is 0. The molecule has 0 fully saturated rings. The van der Waals surface area contributed by atoms with Gasteiger partial charge in [-0.3, -0.25) is 0 Å². The van der Waals surface area contributed by atoms with Crippen LogP contribution in [0.25, 0.3) is 10.1 Å². The standard InChI is InChI=1S/C58H67BN2S/c1-33-23-46-49-47(24-33)61(36-19-21-39-41(27-36)56(11,12)31-54(39,7)8)50-37-25-34(52(2,3)4)17-22-48(37)62-51(50)59(49)44-28-42-43(58(15,16)32-57(42,13)14)29-45(44)60(46)35-18-20-38-40(26-35)55(9,10)30-53(38,5)6/h17-29H,30-32H2,1-16H3.